The topological polar surface area (TPSA) is 39.2 Å². The molecule has 0 atom stereocenters. The largest absolute Gasteiger partial charge is 0.487 e. The number of ketones is 1. The lowest BCUT2D eigenvalue weighted by atomic mass is 9.98. The van der Waals surface area contributed by atoms with Crippen molar-refractivity contribution in [3.05, 3.63) is 75.3 Å². The molecule has 0 bridgehead atoms. The van der Waals surface area contributed by atoms with Crippen molar-refractivity contribution in [1.82, 2.24) is 4.98 Å². The van der Waals surface area contributed by atoms with Crippen LogP contribution in [-0.2, 0) is 23.8 Å². The predicted molar refractivity (Wildman–Crippen MR) is 138 cm³/mol. The number of hydrogen-bond acceptors (Lipinski definition) is 5. The molecule has 2 aromatic carbocycles. The Morgan fingerprint density at radius 3 is 2.51 bits per heavy atom. The molecule has 3 nitrogen and oxygen atoms in total. The van der Waals surface area contributed by atoms with Gasteiger partial charge < -0.3 is 4.74 Å². The number of halogens is 3. The summed E-state index contributed by atoms with van der Waals surface area (Å²) in [5.41, 5.74) is 2.69. The highest BCUT2D eigenvalue weighted by molar-refractivity contribution is 7.80. The van der Waals surface area contributed by atoms with E-state index in [4.69, 9.17) is 17.0 Å². The number of thiazole rings is 1. The summed E-state index contributed by atoms with van der Waals surface area (Å²) in [5, 5.41) is 0.846. The number of rotatable bonds is 9. The zero-order chi connectivity index (χ0) is 25.8. The summed E-state index contributed by atoms with van der Waals surface area (Å²) in [4.78, 5) is 18.3. The van der Waals surface area contributed by atoms with E-state index in [1.807, 2.05) is 39.8 Å². The maximum absolute atomic E-state index is 13.5. The van der Waals surface area contributed by atoms with Crippen LogP contribution in [0.2, 0.25) is 0 Å². The van der Waals surface area contributed by atoms with E-state index in [9.17, 15) is 18.0 Å². The first-order valence-electron chi connectivity index (χ1n) is 11.5. The molecule has 186 valence electrons. The summed E-state index contributed by atoms with van der Waals surface area (Å²) in [6, 6.07) is 11.0. The van der Waals surface area contributed by atoms with E-state index in [-0.39, 0.29) is 23.7 Å². The van der Waals surface area contributed by atoms with Gasteiger partial charge in [0.25, 0.3) is 0 Å². The van der Waals surface area contributed by atoms with Crippen LogP contribution in [-0.4, -0.2) is 22.4 Å². The van der Waals surface area contributed by atoms with E-state index in [1.54, 1.807) is 12.1 Å². The Labute approximate surface area is 213 Å². The first kappa shape index (κ1) is 27.0. The first-order chi connectivity index (χ1) is 16.5. The van der Waals surface area contributed by atoms with Crippen molar-refractivity contribution >= 4 is 34.4 Å². The molecule has 35 heavy (non-hydrogen) atoms. The lowest BCUT2D eigenvalue weighted by Crippen LogP contribution is -2.08. The van der Waals surface area contributed by atoms with Gasteiger partial charge in [-0.2, -0.15) is 13.2 Å². The fourth-order valence-electron chi connectivity index (χ4n) is 3.83. The van der Waals surface area contributed by atoms with E-state index < -0.39 is 11.7 Å². The minimum absolute atomic E-state index is 0.0209. The summed E-state index contributed by atoms with van der Waals surface area (Å²) >= 11 is 6.45. The standard InChI is InChI=1S/C27H28F3NO2S2/c1-5-33-24(34)15-18-10-11-19(14-17(18)4)22(32)12-13-23-25(16(2)3)31-26(35-23)20-8-6-7-9-21(20)27(28,29)30/h6-11,14,16H,5,12-13,15H2,1-4H3. The molecule has 0 N–H and O–H groups in total. The summed E-state index contributed by atoms with van der Waals surface area (Å²) in [5.74, 6) is 0.00578. The summed E-state index contributed by atoms with van der Waals surface area (Å²) < 4.78 is 45.9. The first-order valence-corrected chi connectivity index (χ1v) is 12.7. The van der Waals surface area contributed by atoms with Crippen molar-refractivity contribution in [2.75, 3.05) is 6.61 Å². The number of carbonyl (C=O) groups excluding carboxylic acids is 1. The highest BCUT2D eigenvalue weighted by Gasteiger charge is 2.34. The van der Waals surface area contributed by atoms with Gasteiger partial charge >= 0.3 is 6.18 Å². The molecule has 0 spiro atoms. The number of ether oxygens (including phenoxy) is 1. The van der Waals surface area contributed by atoms with E-state index in [2.05, 4.69) is 4.98 Å². The normalized spacial score (nSPS) is 11.7. The fourth-order valence-corrected chi connectivity index (χ4v) is 5.36. The van der Waals surface area contributed by atoms with Crippen LogP contribution >= 0.6 is 23.6 Å². The Kier molecular flexibility index (Phi) is 8.83. The van der Waals surface area contributed by atoms with Crippen LogP contribution in [0.3, 0.4) is 0 Å². The van der Waals surface area contributed by atoms with Gasteiger partial charge in [0.1, 0.15) is 5.01 Å². The minimum atomic E-state index is -4.47. The Balaban J connectivity index is 1.79. The summed E-state index contributed by atoms with van der Waals surface area (Å²) in [6.45, 7) is 8.25. The Morgan fingerprint density at radius 2 is 1.89 bits per heavy atom. The number of nitrogens with zero attached hydrogens (tertiary/aromatic N) is 1. The fraction of sp³-hybridized carbons (Fsp3) is 0.370. The van der Waals surface area contributed by atoms with Crippen LogP contribution in [0.15, 0.2) is 42.5 Å². The van der Waals surface area contributed by atoms with Crippen LogP contribution in [0.4, 0.5) is 13.2 Å². The van der Waals surface area contributed by atoms with Crippen molar-refractivity contribution in [2.45, 2.75) is 59.1 Å². The van der Waals surface area contributed by atoms with Crippen molar-refractivity contribution in [3.8, 4) is 10.6 Å². The lowest BCUT2D eigenvalue weighted by molar-refractivity contribution is -0.137. The molecule has 0 saturated carbocycles. The van der Waals surface area contributed by atoms with Gasteiger partial charge in [0.2, 0.25) is 0 Å². The molecule has 0 aliphatic carbocycles. The average Bonchev–Trinajstić information content (AvgIpc) is 3.23. The van der Waals surface area contributed by atoms with Gasteiger partial charge in [0, 0.05) is 28.8 Å². The number of aromatic nitrogens is 1. The van der Waals surface area contributed by atoms with Gasteiger partial charge in [-0.15, -0.1) is 11.3 Å². The highest BCUT2D eigenvalue weighted by Crippen LogP contribution is 2.40. The second-order valence-electron chi connectivity index (χ2n) is 8.57. The zero-order valence-corrected chi connectivity index (χ0v) is 21.8. The molecular weight excluding hydrogens is 491 g/mol. The van der Waals surface area contributed by atoms with Gasteiger partial charge in [0.15, 0.2) is 10.8 Å². The lowest BCUT2D eigenvalue weighted by Gasteiger charge is -2.10. The Hall–Kier alpha value is -2.58. The molecule has 3 aromatic rings. The second kappa shape index (κ2) is 11.4. The molecule has 1 aromatic heterocycles. The summed E-state index contributed by atoms with van der Waals surface area (Å²) in [7, 11) is 0. The van der Waals surface area contributed by atoms with Gasteiger partial charge in [-0.05, 0) is 61.7 Å². The second-order valence-corrected chi connectivity index (χ2v) is 10.1. The van der Waals surface area contributed by atoms with Crippen LogP contribution in [0.5, 0.6) is 0 Å². The Bertz CT molecular complexity index is 1220. The summed E-state index contributed by atoms with van der Waals surface area (Å²) in [6.07, 6.45) is -3.27. The molecule has 3 rings (SSSR count). The van der Waals surface area contributed by atoms with Crippen molar-refractivity contribution in [3.63, 3.8) is 0 Å². The van der Waals surface area contributed by atoms with Crippen molar-refractivity contribution in [2.24, 2.45) is 0 Å². The number of hydrogen-bond donors (Lipinski definition) is 0. The number of aryl methyl sites for hydroxylation is 2. The highest BCUT2D eigenvalue weighted by atomic mass is 32.1. The maximum Gasteiger partial charge on any atom is 0.417 e. The third-order valence-corrected chi connectivity index (χ3v) is 7.05. The van der Waals surface area contributed by atoms with E-state index in [0.29, 0.717) is 35.1 Å². The molecule has 8 heteroatoms. The van der Waals surface area contributed by atoms with Gasteiger partial charge in [-0.3, -0.25) is 4.79 Å². The molecule has 0 radical (unpaired) electrons. The number of thiocarbonyl (C=S) groups is 1. The van der Waals surface area contributed by atoms with Crippen LogP contribution < -0.4 is 0 Å². The number of carbonyl (C=O) groups is 1. The molecule has 0 fully saturated rings. The third kappa shape index (κ3) is 6.76. The molecule has 0 amide bonds. The van der Waals surface area contributed by atoms with Crippen molar-refractivity contribution < 1.29 is 22.7 Å². The smallest absolute Gasteiger partial charge is 0.417 e. The van der Waals surface area contributed by atoms with E-state index in [0.717, 1.165) is 27.8 Å². The SMILES string of the molecule is CCOC(=S)Cc1ccc(C(=O)CCc2sc(-c3ccccc3C(F)(F)F)nc2C(C)C)cc1C. The molecule has 1 heterocycles. The average molecular weight is 520 g/mol. The maximum atomic E-state index is 13.5. The van der Waals surface area contributed by atoms with Crippen LogP contribution in [0.25, 0.3) is 10.6 Å². The van der Waals surface area contributed by atoms with E-state index in [1.165, 1.54) is 23.5 Å². The van der Waals surface area contributed by atoms with E-state index >= 15 is 0 Å². The molecule has 0 saturated heterocycles. The van der Waals surface area contributed by atoms with Crippen molar-refractivity contribution in [1.29, 1.82) is 0 Å². The number of alkyl halides is 3. The van der Waals surface area contributed by atoms with Gasteiger partial charge in [-0.25, -0.2) is 4.98 Å². The van der Waals surface area contributed by atoms with Gasteiger partial charge in [0.05, 0.1) is 17.9 Å². The molecule has 0 aliphatic rings. The number of Topliss-reactive ketones (excluding diaryl/α,β-unsaturated/α-hetero) is 1. The monoisotopic (exact) mass is 519 g/mol. The Morgan fingerprint density at radius 1 is 1.17 bits per heavy atom. The molecular formula is C27H28F3NO2S2. The molecule has 0 unspecified atom stereocenters. The van der Waals surface area contributed by atoms with Crippen LogP contribution in [0, 0.1) is 6.92 Å². The third-order valence-electron chi connectivity index (χ3n) is 5.62. The molecule has 0 aliphatic heterocycles. The zero-order valence-electron chi connectivity index (χ0n) is 20.2. The van der Waals surface area contributed by atoms with Gasteiger partial charge in [-0.1, -0.05) is 44.2 Å². The quantitative estimate of drug-likeness (QED) is 0.212. The number of benzene rings is 2. The predicted octanol–water partition coefficient (Wildman–Crippen LogP) is 7.98. The minimum Gasteiger partial charge on any atom is -0.487 e. The van der Waals surface area contributed by atoms with Crippen LogP contribution in [0.1, 0.15) is 70.7 Å².